The van der Waals surface area contributed by atoms with Crippen LogP contribution < -0.4 is 5.32 Å². The first kappa shape index (κ1) is 19.1. The van der Waals surface area contributed by atoms with E-state index in [0.29, 0.717) is 12.1 Å². The molecule has 2 aromatic carbocycles. The number of benzene rings is 2. The van der Waals surface area contributed by atoms with Gasteiger partial charge in [-0.2, -0.15) is 0 Å². The minimum Gasteiger partial charge on any atom is -0.374 e. The Morgan fingerprint density at radius 2 is 2.14 bits per heavy atom. The molecule has 0 atom stereocenters. The minimum absolute atomic E-state index is 0.00738. The van der Waals surface area contributed by atoms with Gasteiger partial charge in [-0.15, -0.1) is 5.10 Å². The van der Waals surface area contributed by atoms with Crippen molar-refractivity contribution in [1.29, 1.82) is 0 Å². The molecule has 0 aliphatic carbocycles. The van der Waals surface area contributed by atoms with Crippen molar-refractivity contribution < 1.29 is 14.3 Å². The summed E-state index contributed by atoms with van der Waals surface area (Å²) in [5.74, 6) is -0.395. The Hall–Kier alpha value is -3.23. The molecule has 0 saturated carbocycles. The number of aromatic nitrogens is 4. The molecule has 4 rings (SSSR count). The van der Waals surface area contributed by atoms with Crippen LogP contribution in [0, 0.1) is 5.82 Å². The number of amides is 1. The van der Waals surface area contributed by atoms with Crippen LogP contribution in [0.3, 0.4) is 0 Å². The Morgan fingerprint density at radius 1 is 1.28 bits per heavy atom. The van der Waals surface area contributed by atoms with E-state index in [1.165, 1.54) is 16.8 Å². The van der Waals surface area contributed by atoms with Gasteiger partial charge < -0.3 is 15.4 Å². The maximum Gasteiger partial charge on any atom is 0.227 e. The van der Waals surface area contributed by atoms with Gasteiger partial charge >= 0.3 is 0 Å². The highest BCUT2D eigenvalue weighted by atomic mass is 35.5. The number of aliphatic hydroxyl groups excluding tert-OH is 1. The molecule has 29 heavy (non-hydrogen) atoms. The zero-order valence-corrected chi connectivity index (χ0v) is 15.9. The van der Waals surface area contributed by atoms with Crippen LogP contribution in [0.25, 0.3) is 22.3 Å². The van der Waals surface area contributed by atoms with Crippen molar-refractivity contribution in [2.24, 2.45) is 0 Å². The predicted octanol–water partition coefficient (Wildman–Crippen LogP) is 3.03. The van der Waals surface area contributed by atoms with Gasteiger partial charge in [0.05, 0.1) is 17.0 Å². The topological polar surface area (TPSA) is 95.8 Å². The molecule has 0 bridgehead atoms. The molecule has 1 amide bonds. The maximum absolute atomic E-state index is 13.7. The van der Waals surface area contributed by atoms with E-state index in [-0.39, 0.29) is 29.0 Å². The van der Waals surface area contributed by atoms with Crippen LogP contribution in [0.5, 0.6) is 0 Å². The van der Waals surface area contributed by atoms with Crippen molar-refractivity contribution in [2.75, 3.05) is 0 Å². The van der Waals surface area contributed by atoms with Crippen LogP contribution in [0.2, 0.25) is 5.02 Å². The molecule has 9 heteroatoms. The van der Waals surface area contributed by atoms with Gasteiger partial charge in [-0.1, -0.05) is 29.8 Å². The smallest absolute Gasteiger partial charge is 0.227 e. The van der Waals surface area contributed by atoms with Gasteiger partial charge in [0.25, 0.3) is 0 Å². The summed E-state index contributed by atoms with van der Waals surface area (Å²) in [6, 6.07) is 12.0. The average Bonchev–Trinajstić information content (AvgIpc) is 3.35. The molecule has 2 heterocycles. The number of fused-ring (bicyclic) bond motifs is 1. The number of aliphatic hydroxyl groups is 1. The summed E-state index contributed by atoms with van der Waals surface area (Å²) in [6.07, 6.45) is 1.77. The number of nitrogens with one attached hydrogen (secondary N) is 2. The molecule has 0 spiro atoms. The number of carbonyl (C=O) groups excluding carboxylic acids is 1. The first-order valence-electron chi connectivity index (χ1n) is 8.87. The maximum atomic E-state index is 13.7. The lowest BCUT2D eigenvalue weighted by molar-refractivity contribution is -0.120. The summed E-state index contributed by atoms with van der Waals surface area (Å²) >= 11 is 5.70. The average molecular weight is 414 g/mol. The molecule has 0 radical (unpaired) electrons. The van der Waals surface area contributed by atoms with Crippen LogP contribution >= 0.6 is 11.6 Å². The highest BCUT2D eigenvalue weighted by Crippen LogP contribution is 2.22. The molecule has 7 nitrogen and oxygen atoms in total. The lowest BCUT2D eigenvalue weighted by Gasteiger charge is -2.07. The highest BCUT2D eigenvalue weighted by molar-refractivity contribution is 6.30. The van der Waals surface area contributed by atoms with E-state index < -0.39 is 12.5 Å². The summed E-state index contributed by atoms with van der Waals surface area (Å²) in [4.78, 5) is 19.8. The molecule has 148 valence electrons. The van der Waals surface area contributed by atoms with Crippen LogP contribution in [0.1, 0.15) is 11.4 Å². The van der Waals surface area contributed by atoms with Gasteiger partial charge in [0.2, 0.25) is 5.91 Å². The molecule has 2 aromatic heterocycles. The highest BCUT2D eigenvalue weighted by Gasteiger charge is 2.16. The van der Waals surface area contributed by atoms with Crippen LogP contribution in [-0.4, -0.2) is 30.8 Å². The third-order valence-corrected chi connectivity index (χ3v) is 4.83. The van der Waals surface area contributed by atoms with Crippen molar-refractivity contribution in [3.8, 4) is 11.4 Å². The van der Waals surface area contributed by atoms with E-state index in [9.17, 15) is 14.3 Å². The molecular weight excluding hydrogens is 397 g/mol. The molecule has 0 saturated heterocycles. The zero-order chi connectivity index (χ0) is 20.4. The predicted molar refractivity (Wildman–Crippen MR) is 106 cm³/mol. The molecular formula is C20H17ClFN5O2. The number of para-hydroxylation sites is 1. The van der Waals surface area contributed by atoms with E-state index in [2.05, 4.69) is 20.4 Å². The van der Waals surface area contributed by atoms with Crippen LogP contribution in [0.15, 0.2) is 48.7 Å². The SMILES string of the molecule is O=C(Cc1nc(-c2ccc(Cl)c(F)c2)nn1CO)NCc1cccc2cc[nH]c12. The van der Waals surface area contributed by atoms with E-state index >= 15 is 0 Å². The van der Waals surface area contributed by atoms with Crippen molar-refractivity contribution in [3.63, 3.8) is 0 Å². The van der Waals surface area contributed by atoms with Gasteiger partial charge in [0.15, 0.2) is 5.82 Å². The van der Waals surface area contributed by atoms with Crippen LogP contribution in [-0.2, 0) is 24.5 Å². The first-order valence-corrected chi connectivity index (χ1v) is 9.24. The summed E-state index contributed by atoms with van der Waals surface area (Å²) in [7, 11) is 0. The zero-order valence-electron chi connectivity index (χ0n) is 15.2. The molecule has 0 aliphatic heterocycles. The van der Waals surface area contributed by atoms with E-state index in [1.807, 2.05) is 30.5 Å². The molecule has 0 unspecified atom stereocenters. The minimum atomic E-state index is -0.595. The summed E-state index contributed by atoms with van der Waals surface area (Å²) in [5, 5.41) is 17.6. The number of rotatable bonds is 6. The Balaban J connectivity index is 1.48. The van der Waals surface area contributed by atoms with Gasteiger partial charge in [-0.05, 0) is 35.2 Å². The summed E-state index contributed by atoms with van der Waals surface area (Å²) in [5.41, 5.74) is 2.33. The third-order valence-electron chi connectivity index (χ3n) is 4.53. The standard InChI is InChI=1S/C20H17ClFN5O2/c21-15-5-4-13(8-16(15)22)20-25-17(27(11-28)26-20)9-18(29)24-10-14-3-1-2-12-6-7-23-19(12)14/h1-8,23,28H,9-11H2,(H,24,29). The van der Waals surface area contributed by atoms with Gasteiger partial charge in [0, 0.05) is 18.3 Å². The number of halogens is 2. The van der Waals surface area contributed by atoms with Crippen molar-refractivity contribution >= 4 is 28.4 Å². The lowest BCUT2D eigenvalue weighted by atomic mass is 10.1. The summed E-state index contributed by atoms with van der Waals surface area (Å²) < 4.78 is 14.9. The van der Waals surface area contributed by atoms with Gasteiger partial charge in [0.1, 0.15) is 18.4 Å². The number of hydrogen-bond acceptors (Lipinski definition) is 4. The van der Waals surface area contributed by atoms with Crippen LogP contribution in [0.4, 0.5) is 4.39 Å². The Kier molecular flexibility index (Phi) is 5.28. The van der Waals surface area contributed by atoms with Crippen molar-refractivity contribution in [1.82, 2.24) is 25.1 Å². The summed E-state index contributed by atoms with van der Waals surface area (Å²) in [6.45, 7) is -0.104. The van der Waals surface area contributed by atoms with E-state index in [0.717, 1.165) is 16.5 Å². The monoisotopic (exact) mass is 413 g/mol. The number of hydrogen-bond donors (Lipinski definition) is 3. The Bertz CT molecular complexity index is 1190. The lowest BCUT2D eigenvalue weighted by Crippen LogP contribution is -2.26. The molecule has 0 aliphatic rings. The molecule has 3 N–H and O–H groups in total. The molecule has 4 aromatic rings. The second-order valence-electron chi connectivity index (χ2n) is 6.43. The Morgan fingerprint density at radius 3 is 2.93 bits per heavy atom. The fraction of sp³-hybridized carbons (Fsp3) is 0.150. The molecule has 0 fully saturated rings. The van der Waals surface area contributed by atoms with Crippen molar-refractivity contribution in [2.45, 2.75) is 19.7 Å². The fourth-order valence-electron chi connectivity index (χ4n) is 3.07. The second kappa shape index (κ2) is 8.02. The first-order chi connectivity index (χ1) is 14.0. The van der Waals surface area contributed by atoms with Gasteiger partial charge in [-0.25, -0.2) is 14.1 Å². The van der Waals surface area contributed by atoms with E-state index in [4.69, 9.17) is 11.6 Å². The largest absolute Gasteiger partial charge is 0.374 e. The third kappa shape index (κ3) is 3.98. The Labute approximate surface area is 170 Å². The normalized spacial score (nSPS) is 11.1. The number of carbonyl (C=O) groups is 1. The van der Waals surface area contributed by atoms with E-state index in [1.54, 1.807) is 6.07 Å². The van der Waals surface area contributed by atoms with Gasteiger partial charge in [-0.3, -0.25) is 4.79 Å². The number of aromatic amines is 1. The van der Waals surface area contributed by atoms with Crippen molar-refractivity contribution in [3.05, 3.63) is 70.9 Å². The number of H-pyrrole nitrogens is 1. The fourth-order valence-corrected chi connectivity index (χ4v) is 3.19. The number of nitrogens with zero attached hydrogens (tertiary/aromatic N) is 3. The second-order valence-corrected chi connectivity index (χ2v) is 6.84. The quantitative estimate of drug-likeness (QED) is 0.452.